The van der Waals surface area contributed by atoms with E-state index in [1.165, 1.54) is 0 Å². The molecule has 3 rings (SSSR count). The number of hydrogen-bond donors (Lipinski definition) is 1. The van der Waals surface area contributed by atoms with Crippen LogP contribution in [0.1, 0.15) is 17.6 Å². The highest BCUT2D eigenvalue weighted by Gasteiger charge is 2.19. The first-order chi connectivity index (χ1) is 9.15. The molecule has 1 atom stereocenters. The van der Waals surface area contributed by atoms with Gasteiger partial charge < -0.3 is 9.52 Å². The summed E-state index contributed by atoms with van der Waals surface area (Å²) in [6.45, 7) is 0. The van der Waals surface area contributed by atoms with E-state index in [0.717, 1.165) is 0 Å². The first-order valence-electron chi connectivity index (χ1n) is 5.63. The highest BCUT2D eigenvalue weighted by Crippen LogP contribution is 2.31. The second kappa shape index (κ2) is 4.85. The van der Waals surface area contributed by atoms with Gasteiger partial charge in [-0.15, -0.1) is 0 Å². The average molecular weight is 294 g/mol. The van der Waals surface area contributed by atoms with Gasteiger partial charge in [-0.05, 0) is 24.3 Å². The van der Waals surface area contributed by atoms with Crippen LogP contribution in [0.15, 0.2) is 46.9 Å². The van der Waals surface area contributed by atoms with Gasteiger partial charge in [0.25, 0.3) is 0 Å². The first kappa shape index (κ1) is 12.5. The van der Waals surface area contributed by atoms with Gasteiger partial charge in [-0.25, -0.2) is 4.98 Å². The lowest BCUT2D eigenvalue weighted by Crippen LogP contribution is -2.00. The Balaban J connectivity index is 2.05. The molecule has 0 radical (unpaired) electrons. The van der Waals surface area contributed by atoms with Crippen LogP contribution in [0.5, 0.6) is 0 Å². The van der Waals surface area contributed by atoms with Gasteiger partial charge in [-0.1, -0.05) is 41.4 Å². The summed E-state index contributed by atoms with van der Waals surface area (Å²) in [5.41, 5.74) is 1.83. The van der Waals surface area contributed by atoms with Crippen LogP contribution >= 0.6 is 23.2 Å². The van der Waals surface area contributed by atoms with Crippen LogP contribution in [0.25, 0.3) is 11.1 Å². The molecule has 5 heteroatoms. The number of aliphatic hydroxyl groups excluding tert-OH is 1. The predicted octanol–water partition coefficient (Wildman–Crippen LogP) is 4.22. The van der Waals surface area contributed by atoms with E-state index < -0.39 is 6.10 Å². The van der Waals surface area contributed by atoms with Crippen molar-refractivity contribution in [3.05, 3.63) is 64.0 Å². The molecule has 1 aromatic heterocycles. The summed E-state index contributed by atoms with van der Waals surface area (Å²) in [5, 5.41) is 11.2. The number of nitrogens with zero attached hydrogens (tertiary/aromatic N) is 1. The van der Waals surface area contributed by atoms with Crippen LogP contribution in [0.4, 0.5) is 0 Å². The Hall–Kier alpha value is -1.55. The van der Waals surface area contributed by atoms with E-state index in [0.29, 0.717) is 26.7 Å². The second-order valence-electron chi connectivity index (χ2n) is 4.09. The number of fused-ring (bicyclic) bond motifs is 1. The normalized spacial score (nSPS) is 12.8. The molecule has 1 N–H and O–H groups in total. The minimum absolute atomic E-state index is 0.213. The van der Waals surface area contributed by atoms with Crippen molar-refractivity contribution in [3.63, 3.8) is 0 Å². The highest BCUT2D eigenvalue weighted by atomic mass is 35.5. The number of oxazole rings is 1. The maximum atomic E-state index is 10.3. The fraction of sp³-hybridized carbons (Fsp3) is 0.0714. The van der Waals surface area contributed by atoms with E-state index in [9.17, 15) is 5.11 Å². The summed E-state index contributed by atoms with van der Waals surface area (Å²) < 4.78 is 5.52. The molecule has 3 nitrogen and oxygen atoms in total. The Kier molecular flexibility index (Phi) is 3.19. The van der Waals surface area contributed by atoms with Crippen molar-refractivity contribution in [1.82, 2.24) is 4.98 Å². The van der Waals surface area contributed by atoms with E-state index in [1.54, 1.807) is 24.3 Å². The number of hydrogen-bond acceptors (Lipinski definition) is 3. The minimum Gasteiger partial charge on any atom is -0.437 e. The van der Waals surface area contributed by atoms with Crippen molar-refractivity contribution in [2.45, 2.75) is 6.10 Å². The Bertz CT molecular complexity index is 706. The predicted molar refractivity (Wildman–Crippen MR) is 74.5 cm³/mol. The number of para-hydroxylation sites is 2. The zero-order valence-electron chi connectivity index (χ0n) is 9.68. The lowest BCUT2D eigenvalue weighted by Gasteiger charge is -2.09. The van der Waals surface area contributed by atoms with E-state index >= 15 is 0 Å². The molecule has 0 amide bonds. The van der Waals surface area contributed by atoms with Gasteiger partial charge in [0, 0.05) is 15.6 Å². The van der Waals surface area contributed by atoms with Crippen LogP contribution in [0.2, 0.25) is 10.0 Å². The van der Waals surface area contributed by atoms with Crippen LogP contribution in [0, 0.1) is 0 Å². The second-order valence-corrected chi connectivity index (χ2v) is 4.93. The van der Waals surface area contributed by atoms with Gasteiger partial charge >= 0.3 is 0 Å². The molecular weight excluding hydrogens is 285 g/mol. The Morgan fingerprint density at radius 2 is 1.89 bits per heavy atom. The lowest BCUT2D eigenvalue weighted by molar-refractivity contribution is 0.185. The van der Waals surface area contributed by atoms with E-state index in [-0.39, 0.29) is 5.89 Å². The molecule has 2 aromatic carbocycles. The molecule has 0 bridgehead atoms. The number of rotatable bonds is 2. The van der Waals surface area contributed by atoms with Crippen LogP contribution in [-0.2, 0) is 0 Å². The highest BCUT2D eigenvalue weighted by molar-refractivity contribution is 6.35. The maximum Gasteiger partial charge on any atom is 0.229 e. The van der Waals surface area contributed by atoms with Gasteiger partial charge in [0.15, 0.2) is 11.7 Å². The van der Waals surface area contributed by atoms with Crippen molar-refractivity contribution < 1.29 is 9.52 Å². The summed E-state index contributed by atoms with van der Waals surface area (Å²) in [6.07, 6.45) is -1.02. The molecule has 3 aromatic rings. The molecular formula is C14H9Cl2NO2. The van der Waals surface area contributed by atoms with E-state index in [4.69, 9.17) is 27.6 Å². The lowest BCUT2D eigenvalue weighted by atomic mass is 10.1. The number of aliphatic hydroxyl groups is 1. The van der Waals surface area contributed by atoms with Gasteiger partial charge in [-0.3, -0.25) is 0 Å². The fourth-order valence-corrected chi connectivity index (χ4v) is 2.38. The molecule has 1 unspecified atom stereocenters. The molecule has 0 fully saturated rings. The van der Waals surface area contributed by atoms with Crippen LogP contribution in [0.3, 0.4) is 0 Å². The van der Waals surface area contributed by atoms with Crippen molar-refractivity contribution in [2.24, 2.45) is 0 Å². The third kappa shape index (κ3) is 2.32. The summed E-state index contributed by atoms with van der Waals surface area (Å²) in [7, 11) is 0. The third-order valence-corrected chi connectivity index (χ3v) is 3.36. The molecule has 0 saturated carbocycles. The van der Waals surface area contributed by atoms with Crippen molar-refractivity contribution in [3.8, 4) is 0 Å². The third-order valence-electron chi connectivity index (χ3n) is 2.80. The number of halogens is 2. The molecule has 1 heterocycles. The average Bonchev–Trinajstić information content (AvgIpc) is 2.81. The van der Waals surface area contributed by atoms with Gasteiger partial charge in [0.05, 0.1) is 0 Å². The van der Waals surface area contributed by atoms with Crippen LogP contribution < -0.4 is 0 Å². The van der Waals surface area contributed by atoms with Gasteiger partial charge in [0.1, 0.15) is 5.52 Å². The van der Waals surface area contributed by atoms with E-state index in [2.05, 4.69) is 4.98 Å². The summed E-state index contributed by atoms with van der Waals surface area (Å²) >= 11 is 11.9. The molecule has 0 aliphatic rings. The molecule has 19 heavy (non-hydrogen) atoms. The zero-order chi connectivity index (χ0) is 13.4. The number of aromatic nitrogens is 1. The number of benzene rings is 2. The van der Waals surface area contributed by atoms with E-state index in [1.807, 2.05) is 18.2 Å². The Morgan fingerprint density at radius 3 is 2.63 bits per heavy atom. The quantitative estimate of drug-likeness (QED) is 0.770. The fourth-order valence-electron chi connectivity index (χ4n) is 1.86. The van der Waals surface area contributed by atoms with Crippen molar-refractivity contribution in [2.75, 3.05) is 0 Å². The molecule has 0 aliphatic carbocycles. The Labute approximate surface area is 119 Å². The van der Waals surface area contributed by atoms with Crippen molar-refractivity contribution in [1.29, 1.82) is 0 Å². The Morgan fingerprint density at radius 1 is 1.11 bits per heavy atom. The van der Waals surface area contributed by atoms with Crippen LogP contribution in [-0.4, -0.2) is 10.1 Å². The van der Waals surface area contributed by atoms with Crippen molar-refractivity contribution >= 4 is 34.3 Å². The molecule has 0 saturated heterocycles. The zero-order valence-corrected chi connectivity index (χ0v) is 11.2. The van der Waals surface area contributed by atoms with Gasteiger partial charge in [0.2, 0.25) is 5.89 Å². The molecule has 96 valence electrons. The minimum atomic E-state index is -1.02. The maximum absolute atomic E-state index is 10.3. The topological polar surface area (TPSA) is 46.3 Å². The van der Waals surface area contributed by atoms with Gasteiger partial charge in [-0.2, -0.15) is 0 Å². The largest absolute Gasteiger partial charge is 0.437 e. The summed E-state index contributed by atoms with van der Waals surface area (Å²) in [4.78, 5) is 4.24. The SMILES string of the molecule is OC(c1nc2ccccc2o1)c1ccc(Cl)cc1Cl. The first-order valence-corrected chi connectivity index (χ1v) is 6.39. The standard InChI is InChI=1S/C14H9Cl2NO2/c15-8-5-6-9(10(16)7-8)13(18)14-17-11-3-1-2-4-12(11)19-14/h1-7,13,18H. The smallest absolute Gasteiger partial charge is 0.229 e. The monoisotopic (exact) mass is 293 g/mol. The summed E-state index contributed by atoms with van der Waals surface area (Å²) in [5.74, 6) is 0.213. The molecule has 0 aliphatic heterocycles. The summed E-state index contributed by atoms with van der Waals surface area (Å²) in [6, 6.07) is 12.2. The molecule has 0 spiro atoms.